The third kappa shape index (κ3) is 3.47. The van der Waals surface area contributed by atoms with Crippen LogP contribution in [0.2, 0.25) is 0 Å². The van der Waals surface area contributed by atoms with E-state index in [2.05, 4.69) is 10.3 Å². The standard InChI is InChI=1S/C18H14FN3OS2/c19-13-5-3-12(4-6-13)17(15-2-1-8-24-15)21-16(23)10-14-11-22-7-9-25-18(22)20-14/h1-9,11,17H,10H2,(H,21,23)/t17-/m1/s1. The molecule has 0 aliphatic heterocycles. The van der Waals surface area contributed by atoms with Gasteiger partial charge in [0.1, 0.15) is 5.82 Å². The number of benzene rings is 1. The normalized spacial score (nSPS) is 12.4. The summed E-state index contributed by atoms with van der Waals surface area (Å²) in [6.07, 6.45) is 3.99. The fourth-order valence-electron chi connectivity index (χ4n) is 2.67. The molecule has 0 unspecified atom stereocenters. The zero-order chi connectivity index (χ0) is 17.2. The van der Waals surface area contributed by atoms with Gasteiger partial charge in [-0.2, -0.15) is 0 Å². The minimum atomic E-state index is -0.295. The smallest absolute Gasteiger partial charge is 0.226 e. The van der Waals surface area contributed by atoms with E-state index in [1.807, 2.05) is 39.7 Å². The fraction of sp³-hybridized carbons (Fsp3) is 0.111. The average Bonchev–Trinajstić information content (AvgIpc) is 3.31. The molecule has 0 spiro atoms. The van der Waals surface area contributed by atoms with Gasteiger partial charge in [0.2, 0.25) is 5.91 Å². The molecule has 3 aromatic heterocycles. The van der Waals surface area contributed by atoms with E-state index in [4.69, 9.17) is 0 Å². The van der Waals surface area contributed by atoms with Crippen LogP contribution in [0.5, 0.6) is 0 Å². The van der Waals surface area contributed by atoms with Gasteiger partial charge in [0.05, 0.1) is 18.2 Å². The molecule has 1 N–H and O–H groups in total. The Labute approximate surface area is 151 Å². The number of thiophene rings is 1. The van der Waals surface area contributed by atoms with Gasteiger partial charge in [-0.05, 0) is 29.1 Å². The lowest BCUT2D eigenvalue weighted by Gasteiger charge is -2.18. The Hall–Kier alpha value is -2.51. The lowest BCUT2D eigenvalue weighted by molar-refractivity contribution is -0.121. The third-order valence-electron chi connectivity index (χ3n) is 3.82. The Bertz CT molecular complexity index is 961. The summed E-state index contributed by atoms with van der Waals surface area (Å²) in [6.45, 7) is 0. The Kier molecular flexibility index (Phi) is 4.33. The predicted octanol–water partition coefficient (Wildman–Crippen LogP) is 4.04. The highest BCUT2D eigenvalue weighted by Crippen LogP contribution is 2.26. The molecule has 4 rings (SSSR count). The SMILES string of the molecule is O=C(Cc1cn2ccsc2n1)N[C@H](c1ccc(F)cc1)c1cccs1. The summed E-state index contributed by atoms with van der Waals surface area (Å²) in [4.78, 5) is 18.8. The zero-order valence-corrected chi connectivity index (χ0v) is 14.7. The highest BCUT2D eigenvalue weighted by molar-refractivity contribution is 7.15. The number of rotatable bonds is 5. The van der Waals surface area contributed by atoms with E-state index >= 15 is 0 Å². The highest BCUT2D eigenvalue weighted by atomic mass is 32.1. The van der Waals surface area contributed by atoms with Crippen molar-refractivity contribution in [2.75, 3.05) is 0 Å². The number of halogens is 1. The van der Waals surface area contributed by atoms with Gasteiger partial charge in [0.15, 0.2) is 4.96 Å². The molecule has 1 atom stereocenters. The van der Waals surface area contributed by atoms with Crippen LogP contribution in [0.4, 0.5) is 4.39 Å². The summed E-state index contributed by atoms with van der Waals surface area (Å²) in [5.74, 6) is -0.411. The highest BCUT2D eigenvalue weighted by Gasteiger charge is 2.19. The molecule has 4 aromatic rings. The van der Waals surface area contributed by atoms with E-state index in [0.717, 1.165) is 21.1 Å². The monoisotopic (exact) mass is 371 g/mol. The van der Waals surface area contributed by atoms with E-state index in [1.165, 1.54) is 23.5 Å². The molecule has 3 heterocycles. The molecule has 126 valence electrons. The Morgan fingerprint density at radius 2 is 2.04 bits per heavy atom. The molecule has 1 aromatic carbocycles. The zero-order valence-electron chi connectivity index (χ0n) is 13.1. The minimum absolute atomic E-state index is 0.117. The van der Waals surface area contributed by atoms with Gasteiger partial charge in [-0.25, -0.2) is 9.37 Å². The van der Waals surface area contributed by atoms with Gasteiger partial charge in [0, 0.05) is 22.7 Å². The van der Waals surface area contributed by atoms with Crippen molar-refractivity contribution in [3.8, 4) is 0 Å². The number of thiazole rings is 1. The summed E-state index contributed by atoms with van der Waals surface area (Å²) in [5, 5.41) is 6.96. The Morgan fingerprint density at radius 1 is 1.20 bits per heavy atom. The average molecular weight is 371 g/mol. The molecule has 0 saturated carbocycles. The molecule has 0 fully saturated rings. The van der Waals surface area contributed by atoms with E-state index in [9.17, 15) is 9.18 Å². The Morgan fingerprint density at radius 3 is 2.76 bits per heavy atom. The van der Waals surface area contributed by atoms with Gasteiger partial charge in [-0.3, -0.25) is 9.20 Å². The van der Waals surface area contributed by atoms with Crippen LogP contribution in [0.1, 0.15) is 22.2 Å². The van der Waals surface area contributed by atoms with Crippen LogP contribution in [0.3, 0.4) is 0 Å². The van der Waals surface area contributed by atoms with Crippen molar-refractivity contribution < 1.29 is 9.18 Å². The number of hydrogen-bond acceptors (Lipinski definition) is 4. The van der Waals surface area contributed by atoms with Gasteiger partial charge in [-0.15, -0.1) is 22.7 Å². The maximum atomic E-state index is 13.2. The van der Waals surface area contributed by atoms with Crippen LogP contribution < -0.4 is 5.32 Å². The molecule has 0 aliphatic rings. The van der Waals surface area contributed by atoms with Gasteiger partial charge >= 0.3 is 0 Å². The summed E-state index contributed by atoms with van der Waals surface area (Å²) in [6, 6.07) is 9.82. The summed E-state index contributed by atoms with van der Waals surface area (Å²) < 4.78 is 15.1. The fourth-order valence-corrected chi connectivity index (χ4v) is 4.19. The van der Waals surface area contributed by atoms with Crippen LogP contribution in [-0.2, 0) is 11.2 Å². The summed E-state index contributed by atoms with van der Waals surface area (Å²) in [7, 11) is 0. The predicted molar refractivity (Wildman–Crippen MR) is 97.5 cm³/mol. The van der Waals surface area contributed by atoms with E-state index < -0.39 is 0 Å². The number of imidazole rings is 1. The molecule has 0 aliphatic carbocycles. The number of aromatic nitrogens is 2. The van der Waals surface area contributed by atoms with Gasteiger partial charge in [0.25, 0.3) is 0 Å². The van der Waals surface area contributed by atoms with Crippen LogP contribution >= 0.6 is 22.7 Å². The second kappa shape index (κ2) is 6.78. The Balaban J connectivity index is 1.54. The molecule has 4 nitrogen and oxygen atoms in total. The summed E-state index contributed by atoms with van der Waals surface area (Å²) >= 11 is 3.09. The molecular formula is C18H14FN3OS2. The van der Waals surface area contributed by atoms with Crippen LogP contribution in [0.25, 0.3) is 4.96 Å². The second-order valence-corrected chi connectivity index (χ2v) is 7.42. The number of carbonyl (C=O) groups is 1. The van der Waals surface area contributed by atoms with Crippen molar-refractivity contribution in [2.24, 2.45) is 0 Å². The molecule has 7 heteroatoms. The minimum Gasteiger partial charge on any atom is -0.344 e. The third-order valence-corrected chi connectivity index (χ3v) is 5.53. The molecule has 25 heavy (non-hydrogen) atoms. The number of fused-ring (bicyclic) bond motifs is 1. The number of nitrogens with zero attached hydrogens (tertiary/aromatic N) is 2. The van der Waals surface area contributed by atoms with Crippen LogP contribution in [-0.4, -0.2) is 15.3 Å². The lowest BCUT2D eigenvalue weighted by Crippen LogP contribution is -2.30. The first kappa shape index (κ1) is 16.0. The van der Waals surface area contributed by atoms with Crippen molar-refractivity contribution in [3.63, 3.8) is 0 Å². The van der Waals surface area contributed by atoms with Crippen molar-refractivity contribution in [3.05, 3.63) is 81.5 Å². The first-order chi connectivity index (χ1) is 12.2. The van der Waals surface area contributed by atoms with E-state index in [0.29, 0.717) is 0 Å². The first-order valence-corrected chi connectivity index (χ1v) is 9.44. The van der Waals surface area contributed by atoms with Crippen molar-refractivity contribution in [1.82, 2.24) is 14.7 Å². The quantitative estimate of drug-likeness (QED) is 0.575. The first-order valence-electron chi connectivity index (χ1n) is 7.68. The lowest BCUT2D eigenvalue weighted by atomic mass is 10.0. The van der Waals surface area contributed by atoms with Crippen molar-refractivity contribution >= 4 is 33.5 Å². The molecule has 0 radical (unpaired) electrons. The number of hydrogen-bond donors (Lipinski definition) is 1. The van der Waals surface area contributed by atoms with Crippen molar-refractivity contribution in [2.45, 2.75) is 12.5 Å². The number of carbonyl (C=O) groups excluding carboxylic acids is 1. The molecule has 1 amide bonds. The van der Waals surface area contributed by atoms with E-state index in [-0.39, 0.29) is 24.2 Å². The molecular weight excluding hydrogens is 357 g/mol. The second-order valence-electron chi connectivity index (χ2n) is 5.57. The molecule has 0 saturated heterocycles. The maximum Gasteiger partial charge on any atom is 0.226 e. The number of amides is 1. The van der Waals surface area contributed by atoms with Crippen LogP contribution in [0, 0.1) is 5.82 Å². The van der Waals surface area contributed by atoms with Gasteiger partial charge < -0.3 is 5.32 Å². The topological polar surface area (TPSA) is 46.4 Å². The van der Waals surface area contributed by atoms with Gasteiger partial charge in [-0.1, -0.05) is 18.2 Å². The van der Waals surface area contributed by atoms with Crippen molar-refractivity contribution in [1.29, 1.82) is 0 Å². The van der Waals surface area contributed by atoms with Crippen LogP contribution in [0.15, 0.2) is 59.6 Å². The summed E-state index contributed by atoms with van der Waals surface area (Å²) in [5.41, 5.74) is 1.58. The van der Waals surface area contributed by atoms with E-state index in [1.54, 1.807) is 23.5 Å². The molecule has 0 bridgehead atoms. The number of nitrogens with one attached hydrogen (secondary N) is 1. The largest absolute Gasteiger partial charge is 0.344 e. The maximum absolute atomic E-state index is 13.2.